The first-order valence-corrected chi connectivity index (χ1v) is 3.26. The second-order valence-electron chi connectivity index (χ2n) is 2.28. The van der Waals surface area contributed by atoms with Crippen molar-refractivity contribution < 1.29 is 18.7 Å². The molecule has 1 aromatic carbocycles. The Morgan fingerprint density at radius 1 is 1.42 bits per heavy atom. The van der Waals surface area contributed by atoms with Crippen LogP contribution in [0.3, 0.4) is 0 Å². The van der Waals surface area contributed by atoms with E-state index < -0.39 is 24.0 Å². The highest BCUT2D eigenvalue weighted by Gasteiger charge is 2.09. The van der Waals surface area contributed by atoms with Crippen LogP contribution in [0.15, 0.2) is 18.2 Å². The van der Waals surface area contributed by atoms with Crippen molar-refractivity contribution in [2.45, 2.75) is 6.42 Å². The minimum Gasteiger partial charge on any atom is -0.481 e. The molecule has 0 atom stereocenters. The highest BCUT2D eigenvalue weighted by molar-refractivity contribution is 5.70. The van der Waals surface area contributed by atoms with Crippen LogP contribution in [0.1, 0.15) is 5.56 Å². The lowest BCUT2D eigenvalue weighted by Gasteiger charge is -1.98. The summed E-state index contributed by atoms with van der Waals surface area (Å²) in [5.41, 5.74) is -0.137. The molecule has 0 aliphatic heterocycles. The van der Waals surface area contributed by atoms with E-state index >= 15 is 0 Å². The Labute approximate surface area is 67.4 Å². The van der Waals surface area contributed by atoms with Crippen LogP contribution in [-0.4, -0.2) is 11.1 Å². The van der Waals surface area contributed by atoms with E-state index in [0.29, 0.717) is 0 Å². The van der Waals surface area contributed by atoms with Crippen LogP contribution < -0.4 is 0 Å². The number of hydrogen-bond acceptors (Lipinski definition) is 1. The molecule has 0 aliphatic carbocycles. The van der Waals surface area contributed by atoms with E-state index in [4.69, 9.17) is 5.11 Å². The molecular weight excluding hydrogens is 167 g/mol. The SMILES string of the molecule is O=[13C](O)Cc1cccc(F)c1F. The van der Waals surface area contributed by atoms with Gasteiger partial charge in [-0.25, -0.2) is 8.78 Å². The van der Waals surface area contributed by atoms with Crippen LogP contribution in [0.25, 0.3) is 0 Å². The molecule has 1 aromatic rings. The molecule has 2 nitrogen and oxygen atoms in total. The zero-order valence-corrected chi connectivity index (χ0v) is 6.05. The van der Waals surface area contributed by atoms with Gasteiger partial charge in [0.25, 0.3) is 0 Å². The summed E-state index contributed by atoms with van der Waals surface area (Å²) < 4.78 is 25.2. The number of aliphatic carboxylic acids is 1. The Hall–Kier alpha value is -1.45. The number of carbonyl (C=O) groups is 1. The third kappa shape index (κ3) is 1.78. The van der Waals surface area contributed by atoms with Gasteiger partial charge in [0.05, 0.1) is 6.42 Å². The third-order valence-corrected chi connectivity index (χ3v) is 1.37. The van der Waals surface area contributed by atoms with Gasteiger partial charge in [0.1, 0.15) is 0 Å². The topological polar surface area (TPSA) is 37.3 Å². The van der Waals surface area contributed by atoms with E-state index in [9.17, 15) is 13.6 Å². The Balaban J connectivity index is 3.00. The second kappa shape index (κ2) is 3.30. The fraction of sp³-hybridized carbons (Fsp3) is 0.125. The summed E-state index contributed by atoms with van der Waals surface area (Å²) in [5.74, 6) is -3.28. The fourth-order valence-electron chi connectivity index (χ4n) is 0.848. The monoisotopic (exact) mass is 173 g/mol. The van der Waals surface area contributed by atoms with Crippen molar-refractivity contribution in [3.05, 3.63) is 35.4 Å². The summed E-state index contributed by atoms with van der Waals surface area (Å²) in [6.45, 7) is 0. The zero-order valence-electron chi connectivity index (χ0n) is 6.05. The predicted octanol–water partition coefficient (Wildman–Crippen LogP) is 1.59. The van der Waals surface area contributed by atoms with Gasteiger partial charge in [0, 0.05) is 5.56 Å². The normalized spacial score (nSPS) is 9.83. The molecule has 0 aliphatic rings. The third-order valence-electron chi connectivity index (χ3n) is 1.37. The lowest BCUT2D eigenvalue weighted by Crippen LogP contribution is -2.03. The molecule has 0 spiro atoms. The highest BCUT2D eigenvalue weighted by Crippen LogP contribution is 2.11. The molecule has 0 heterocycles. The van der Waals surface area contributed by atoms with Crippen LogP contribution >= 0.6 is 0 Å². The summed E-state index contributed by atoms with van der Waals surface area (Å²) in [7, 11) is 0. The van der Waals surface area contributed by atoms with Gasteiger partial charge in [0.15, 0.2) is 11.6 Å². The number of hydrogen-bond donors (Lipinski definition) is 1. The van der Waals surface area contributed by atoms with Gasteiger partial charge >= 0.3 is 5.97 Å². The molecule has 0 saturated heterocycles. The molecule has 1 N–H and O–H groups in total. The standard InChI is InChI=1S/C8H6F2O2/c9-6-3-1-2-5(8(6)10)4-7(11)12/h1-3H,4H2,(H,11,12)/i7+1. The van der Waals surface area contributed by atoms with Crippen molar-refractivity contribution in [2.75, 3.05) is 0 Å². The maximum atomic E-state index is 12.7. The number of halogens is 2. The molecule has 4 heteroatoms. The molecule has 64 valence electrons. The van der Waals surface area contributed by atoms with E-state index in [-0.39, 0.29) is 5.56 Å². The number of carboxylic acid groups (broad SMARTS) is 1. The molecule has 0 saturated carbocycles. The van der Waals surface area contributed by atoms with Gasteiger partial charge in [-0.1, -0.05) is 12.1 Å². The van der Waals surface area contributed by atoms with Gasteiger partial charge in [-0.15, -0.1) is 0 Å². The van der Waals surface area contributed by atoms with Crippen molar-refractivity contribution in [3.8, 4) is 0 Å². The smallest absolute Gasteiger partial charge is 0.307 e. The number of carboxylic acids is 1. The lowest BCUT2D eigenvalue weighted by molar-refractivity contribution is -0.136. The minimum absolute atomic E-state index is 0.137. The highest BCUT2D eigenvalue weighted by atomic mass is 19.2. The average Bonchev–Trinajstić information content (AvgIpc) is 1.98. The van der Waals surface area contributed by atoms with E-state index in [1.165, 1.54) is 12.1 Å². The van der Waals surface area contributed by atoms with Crippen molar-refractivity contribution in [2.24, 2.45) is 0 Å². The van der Waals surface area contributed by atoms with E-state index in [1.54, 1.807) is 0 Å². The molecule has 0 radical (unpaired) electrons. The first kappa shape index (κ1) is 8.64. The quantitative estimate of drug-likeness (QED) is 0.689. The Bertz CT molecular complexity index is 310. The average molecular weight is 173 g/mol. The fourth-order valence-corrected chi connectivity index (χ4v) is 0.848. The van der Waals surface area contributed by atoms with Crippen LogP contribution in [0.5, 0.6) is 0 Å². The Kier molecular flexibility index (Phi) is 2.38. The maximum absolute atomic E-state index is 12.7. The largest absolute Gasteiger partial charge is 0.481 e. The first-order chi connectivity index (χ1) is 5.61. The van der Waals surface area contributed by atoms with Crippen LogP contribution in [0.4, 0.5) is 8.78 Å². The maximum Gasteiger partial charge on any atom is 0.307 e. The summed E-state index contributed by atoms with van der Waals surface area (Å²) in [6, 6.07) is 3.46. The van der Waals surface area contributed by atoms with E-state index in [2.05, 4.69) is 0 Å². The van der Waals surface area contributed by atoms with Gasteiger partial charge in [-0.2, -0.15) is 0 Å². The van der Waals surface area contributed by atoms with Gasteiger partial charge in [-0.3, -0.25) is 4.79 Å². The molecule has 0 amide bonds. The molecule has 0 aromatic heterocycles. The Morgan fingerprint density at radius 2 is 2.08 bits per heavy atom. The molecular formula is C8H6F2O2. The first-order valence-electron chi connectivity index (χ1n) is 3.26. The molecule has 0 bridgehead atoms. The molecule has 0 fully saturated rings. The van der Waals surface area contributed by atoms with Crippen molar-refractivity contribution in [1.82, 2.24) is 0 Å². The van der Waals surface area contributed by atoms with Crippen molar-refractivity contribution >= 4 is 5.97 Å². The molecule has 0 unspecified atom stereocenters. The van der Waals surface area contributed by atoms with E-state index in [1.807, 2.05) is 0 Å². The van der Waals surface area contributed by atoms with Gasteiger partial charge in [-0.05, 0) is 6.07 Å². The van der Waals surface area contributed by atoms with Crippen molar-refractivity contribution in [3.63, 3.8) is 0 Å². The summed E-state index contributed by atoms with van der Waals surface area (Å²) in [6.07, 6.45) is -0.496. The summed E-state index contributed by atoms with van der Waals surface area (Å²) >= 11 is 0. The zero-order chi connectivity index (χ0) is 9.14. The second-order valence-corrected chi connectivity index (χ2v) is 2.28. The number of benzene rings is 1. The number of rotatable bonds is 2. The van der Waals surface area contributed by atoms with E-state index in [0.717, 1.165) is 6.07 Å². The minimum atomic E-state index is -1.18. The predicted molar refractivity (Wildman–Crippen MR) is 37.7 cm³/mol. The summed E-state index contributed by atoms with van der Waals surface area (Å²) in [5, 5.41) is 8.29. The van der Waals surface area contributed by atoms with Crippen molar-refractivity contribution in [1.29, 1.82) is 0 Å². The summed E-state index contributed by atoms with van der Waals surface area (Å²) in [4.78, 5) is 10.1. The molecule has 12 heavy (non-hydrogen) atoms. The molecule has 1 rings (SSSR count). The van der Waals surface area contributed by atoms with Crippen LogP contribution in [0.2, 0.25) is 0 Å². The lowest BCUT2D eigenvalue weighted by atomic mass is 10.2. The van der Waals surface area contributed by atoms with Crippen LogP contribution in [0, 0.1) is 11.6 Å². The Morgan fingerprint density at radius 3 is 2.67 bits per heavy atom. The van der Waals surface area contributed by atoms with Crippen LogP contribution in [-0.2, 0) is 11.2 Å². The van der Waals surface area contributed by atoms with Gasteiger partial charge < -0.3 is 5.11 Å². The van der Waals surface area contributed by atoms with Gasteiger partial charge in [0.2, 0.25) is 0 Å².